The summed E-state index contributed by atoms with van der Waals surface area (Å²) in [5.74, 6) is 1.42. The van der Waals surface area contributed by atoms with Crippen LogP contribution in [-0.2, 0) is 10.5 Å². The highest BCUT2D eigenvalue weighted by atomic mass is 35.5. The van der Waals surface area contributed by atoms with E-state index in [4.69, 9.17) is 11.6 Å². The first-order valence-electron chi connectivity index (χ1n) is 7.97. The fourth-order valence-corrected chi connectivity index (χ4v) is 3.96. The van der Waals surface area contributed by atoms with Crippen LogP contribution in [0.2, 0.25) is 5.02 Å². The molecule has 0 saturated carbocycles. The topological polar surface area (TPSA) is 45.2 Å². The standard InChI is InChI=1S/C18H20ClN3OS/c19-16-6-2-1-5-15(16)17-11-21-8-9-22(17)18(23)13-24-12-14-4-3-7-20-10-14/h1-7,10,17,21H,8-9,11-13H2. The first kappa shape index (κ1) is 17.3. The Morgan fingerprint density at radius 2 is 2.21 bits per heavy atom. The highest BCUT2D eigenvalue weighted by Gasteiger charge is 2.28. The van der Waals surface area contributed by atoms with Crippen LogP contribution in [0.1, 0.15) is 17.2 Å². The number of piperazine rings is 1. The molecule has 1 atom stereocenters. The molecule has 3 rings (SSSR count). The zero-order valence-electron chi connectivity index (χ0n) is 13.3. The van der Waals surface area contributed by atoms with Crippen molar-refractivity contribution in [3.63, 3.8) is 0 Å². The van der Waals surface area contributed by atoms with Gasteiger partial charge >= 0.3 is 0 Å². The van der Waals surface area contributed by atoms with E-state index in [2.05, 4.69) is 10.3 Å². The Labute approximate surface area is 151 Å². The van der Waals surface area contributed by atoms with Crippen LogP contribution in [0, 0.1) is 0 Å². The van der Waals surface area contributed by atoms with Crippen molar-refractivity contribution >= 4 is 29.3 Å². The summed E-state index contributed by atoms with van der Waals surface area (Å²) in [4.78, 5) is 18.8. The summed E-state index contributed by atoms with van der Waals surface area (Å²) < 4.78 is 0. The van der Waals surface area contributed by atoms with Crippen molar-refractivity contribution in [2.45, 2.75) is 11.8 Å². The molecule has 0 aliphatic carbocycles. The Morgan fingerprint density at radius 3 is 3.00 bits per heavy atom. The van der Waals surface area contributed by atoms with E-state index in [1.165, 1.54) is 0 Å². The number of aromatic nitrogens is 1. The minimum atomic E-state index is -0.000980. The van der Waals surface area contributed by atoms with Crippen molar-refractivity contribution in [2.24, 2.45) is 0 Å². The van der Waals surface area contributed by atoms with Crippen LogP contribution >= 0.6 is 23.4 Å². The second-order valence-corrected chi connectivity index (χ2v) is 7.08. The molecule has 6 heteroatoms. The van der Waals surface area contributed by atoms with Gasteiger partial charge in [-0.1, -0.05) is 35.9 Å². The SMILES string of the molecule is O=C(CSCc1cccnc1)N1CCNCC1c1ccccc1Cl. The molecule has 1 fully saturated rings. The summed E-state index contributed by atoms with van der Waals surface area (Å²) in [5, 5.41) is 4.07. The van der Waals surface area contributed by atoms with Gasteiger partial charge in [0, 0.05) is 42.8 Å². The Hall–Kier alpha value is -1.56. The molecular formula is C18H20ClN3OS. The molecule has 0 radical (unpaired) electrons. The second kappa shape index (κ2) is 8.51. The molecule has 1 unspecified atom stereocenters. The summed E-state index contributed by atoms with van der Waals surface area (Å²) in [6, 6.07) is 11.7. The van der Waals surface area contributed by atoms with E-state index in [-0.39, 0.29) is 11.9 Å². The second-order valence-electron chi connectivity index (χ2n) is 5.68. The summed E-state index contributed by atoms with van der Waals surface area (Å²) in [6.45, 7) is 2.27. The molecular weight excluding hydrogens is 342 g/mol. The molecule has 1 aliphatic rings. The fraction of sp³-hybridized carbons (Fsp3) is 0.333. The number of carbonyl (C=O) groups excluding carboxylic acids is 1. The smallest absolute Gasteiger partial charge is 0.233 e. The van der Waals surface area contributed by atoms with E-state index in [0.29, 0.717) is 17.3 Å². The quantitative estimate of drug-likeness (QED) is 0.888. The molecule has 1 N–H and O–H groups in total. The van der Waals surface area contributed by atoms with Gasteiger partial charge in [0.05, 0.1) is 11.8 Å². The maximum atomic E-state index is 12.7. The lowest BCUT2D eigenvalue weighted by Crippen LogP contribution is -2.49. The van der Waals surface area contributed by atoms with Gasteiger partial charge in [-0.05, 0) is 23.3 Å². The minimum absolute atomic E-state index is 0.000980. The van der Waals surface area contributed by atoms with Gasteiger partial charge in [0.25, 0.3) is 0 Å². The van der Waals surface area contributed by atoms with Crippen molar-refractivity contribution in [1.82, 2.24) is 15.2 Å². The monoisotopic (exact) mass is 361 g/mol. The number of carbonyl (C=O) groups is 1. The van der Waals surface area contributed by atoms with E-state index < -0.39 is 0 Å². The van der Waals surface area contributed by atoms with Crippen LogP contribution in [0.3, 0.4) is 0 Å². The van der Waals surface area contributed by atoms with Gasteiger partial charge in [-0.3, -0.25) is 9.78 Å². The number of hydrogen-bond donors (Lipinski definition) is 1. The van der Waals surface area contributed by atoms with Gasteiger partial charge in [0.1, 0.15) is 0 Å². The maximum Gasteiger partial charge on any atom is 0.233 e. The van der Waals surface area contributed by atoms with E-state index in [1.54, 1.807) is 18.0 Å². The molecule has 1 aliphatic heterocycles. The Kier molecular flexibility index (Phi) is 6.12. The van der Waals surface area contributed by atoms with E-state index >= 15 is 0 Å². The summed E-state index contributed by atoms with van der Waals surface area (Å²) >= 11 is 7.96. The van der Waals surface area contributed by atoms with Gasteiger partial charge in [-0.15, -0.1) is 11.8 Å². The van der Waals surface area contributed by atoms with E-state index in [0.717, 1.165) is 30.0 Å². The van der Waals surface area contributed by atoms with Crippen molar-refractivity contribution in [1.29, 1.82) is 0 Å². The normalized spacial score (nSPS) is 17.7. The number of rotatable bonds is 5. The van der Waals surface area contributed by atoms with Crippen LogP contribution in [0.25, 0.3) is 0 Å². The van der Waals surface area contributed by atoms with Gasteiger partial charge in [0.15, 0.2) is 0 Å². The van der Waals surface area contributed by atoms with E-state index in [9.17, 15) is 4.79 Å². The average Bonchev–Trinajstić information content (AvgIpc) is 2.63. The molecule has 1 aromatic heterocycles. The molecule has 4 nitrogen and oxygen atoms in total. The Bertz CT molecular complexity index is 683. The van der Waals surface area contributed by atoms with Crippen molar-refractivity contribution in [3.8, 4) is 0 Å². The predicted octanol–water partition coefficient (Wildman–Crippen LogP) is 3.14. The number of nitrogens with zero attached hydrogens (tertiary/aromatic N) is 2. The lowest BCUT2D eigenvalue weighted by molar-refractivity contribution is -0.131. The lowest BCUT2D eigenvalue weighted by atomic mass is 10.0. The number of pyridine rings is 1. The fourth-order valence-electron chi connectivity index (χ4n) is 2.85. The molecule has 1 amide bonds. The zero-order chi connectivity index (χ0) is 16.8. The minimum Gasteiger partial charge on any atom is -0.332 e. The Balaban J connectivity index is 1.62. The highest BCUT2D eigenvalue weighted by Crippen LogP contribution is 2.29. The molecule has 24 heavy (non-hydrogen) atoms. The van der Waals surface area contributed by atoms with Gasteiger partial charge in [0.2, 0.25) is 5.91 Å². The lowest BCUT2D eigenvalue weighted by Gasteiger charge is -2.37. The zero-order valence-corrected chi connectivity index (χ0v) is 14.9. The number of benzene rings is 1. The van der Waals surface area contributed by atoms with Gasteiger partial charge < -0.3 is 10.2 Å². The number of thioether (sulfide) groups is 1. The largest absolute Gasteiger partial charge is 0.332 e. The van der Waals surface area contributed by atoms with Crippen molar-refractivity contribution < 1.29 is 4.79 Å². The first-order chi connectivity index (χ1) is 11.8. The third-order valence-corrected chi connectivity index (χ3v) is 5.38. The van der Waals surface area contributed by atoms with Crippen LogP contribution in [0.5, 0.6) is 0 Å². The molecule has 2 aromatic rings. The third-order valence-electron chi connectivity index (χ3n) is 4.05. The third kappa shape index (κ3) is 4.29. The maximum absolute atomic E-state index is 12.7. The van der Waals surface area contributed by atoms with Gasteiger partial charge in [-0.25, -0.2) is 0 Å². The van der Waals surface area contributed by atoms with Crippen molar-refractivity contribution in [2.75, 3.05) is 25.4 Å². The first-order valence-corrected chi connectivity index (χ1v) is 9.50. The van der Waals surface area contributed by atoms with Crippen molar-refractivity contribution in [3.05, 3.63) is 64.9 Å². The van der Waals surface area contributed by atoms with Crippen LogP contribution in [0.15, 0.2) is 48.8 Å². The van der Waals surface area contributed by atoms with Gasteiger partial charge in [-0.2, -0.15) is 0 Å². The summed E-state index contributed by atoms with van der Waals surface area (Å²) in [7, 11) is 0. The van der Waals surface area contributed by atoms with Crippen LogP contribution in [0.4, 0.5) is 0 Å². The average molecular weight is 362 g/mol. The van der Waals surface area contributed by atoms with Crippen LogP contribution in [-0.4, -0.2) is 41.2 Å². The van der Waals surface area contributed by atoms with E-state index in [1.807, 2.05) is 47.5 Å². The molecule has 0 spiro atoms. The number of nitrogens with one attached hydrogen (secondary N) is 1. The molecule has 0 bridgehead atoms. The Morgan fingerprint density at radius 1 is 1.33 bits per heavy atom. The predicted molar refractivity (Wildman–Crippen MR) is 99.2 cm³/mol. The molecule has 2 heterocycles. The molecule has 1 saturated heterocycles. The summed E-state index contributed by atoms with van der Waals surface area (Å²) in [6.07, 6.45) is 3.60. The number of hydrogen-bond acceptors (Lipinski definition) is 4. The van der Waals surface area contributed by atoms with Crippen LogP contribution < -0.4 is 5.32 Å². The molecule has 1 aromatic carbocycles. The molecule has 126 valence electrons. The number of amides is 1. The summed E-state index contributed by atoms with van der Waals surface area (Å²) in [5.41, 5.74) is 2.15. The highest BCUT2D eigenvalue weighted by molar-refractivity contribution is 7.99. The number of halogens is 1.